The Morgan fingerprint density at radius 3 is 2.12 bits per heavy atom. The van der Waals surface area contributed by atoms with Gasteiger partial charge in [0.15, 0.2) is 0 Å². The van der Waals surface area contributed by atoms with Crippen molar-refractivity contribution in [3.05, 3.63) is 0 Å². The van der Waals surface area contributed by atoms with E-state index in [1.807, 2.05) is 14.1 Å². The van der Waals surface area contributed by atoms with E-state index in [1.165, 1.54) is 0 Å². The molecule has 0 saturated heterocycles. The van der Waals surface area contributed by atoms with Crippen LogP contribution >= 0.6 is 25.3 Å². The zero-order valence-corrected chi connectivity index (χ0v) is 7.12. The second kappa shape index (κ2) is 4.53. The lowest BCUT2D eigenvalue weighted by molar-refractivity contribution is 0.416. The van der Waals surface area contributed by atoms with Crippen LogP contribution in [0, 0.1) is 0 Å². The fraction of sp³-hybridized carbons (Fsp3) is 1.00. The summed E-state index contributed by atoms with van der Waals surface area (Å²) < 4.78 is 0. The van der Waals surface area contributed by atoms with Gasteiger partial charge in [0, 0.05) is 17.5 Å². The van der Waals surface area contributed by atoms with E-state index in [1.54, 1.807) is 0 Å². The third-order valence-electron chi connectivity index (χ3n) is 0.787. The van der Waals surface area contributed by atoms with Crippen molar-refractivity contribution in [3.8, 4) is 0 Å². The highest BCUT2D eigenvalue weighted by molar-refractivity contribution is 7.84. The molecule has 50 valence electrons. The Labute approximate surface area is 62.3 Å². The summed E-state index contributed by atoms with van der Waals surface area (Å²) in [5, 5.41) is 0.410. The van der Waals surface area contributed by atoms with Gasteiger partial charge in [-0.15, -0.1) is 0 Å². The van der Waals surface area contributed by atoms with E-state index in [4.69, 9.17) is 0 Å². The van der Waals surface area contributed by atoms with Gasteiger partial charge in [0.05, 0.1) is 0 Å². The average molecular weight is 151 g/mol. The smallest absolute Gasteiger partial charge is 0.0232 e. The van der Waals surface area contributed by atoms with E-state index >= 15 is 0 Å². The maximum absolute atomic E-state index is 4.25. The van der Waals surface area contributed by atoms with Gasteiger partial charge < -0.3 is 4.90 Å². The molecule has 0 bridgehead atoms. The van der Waals surface area contributed by atoms with Crippen LogP contribution in [0.4, 0.5) is 0 Å². The van der Waals surface area contributed by atoms with Crippen LogP contribution in [-0.4, -0.2) is 36.5 Å². The molecule has 0 aliphatic heterocycles. The zero-order chi connectivity index (χ0) is 6.57. The summed E-state index contributed by atoms with van der Waals surface area (Å²) in [7, 11) is 4.07. The minimum atomic E-state index is 0.410. The predicted molar refractivity (Wildman–Crippen MR) is 45.2 cm³/mol. The summed E-state index contributed by atoms with van der Waals surface area (Å²) in [6.07, 6.45) is 0. The summed E-state index contributed by atoms with van der Waals surface area (Å²) in [6.45, 7) is 1.01. The first kappa shape index (κ1) is 8.66. The maximum Gasteiger partial charge on any atom is 0.0232 e. The standard InChI is InChI=1S/C5H13NS2/c1-6(2)3-5(8)4-7/h5,7-8H,3-4H2,1-2H3. The van der Waals surface area contributed by atoms with Gasteiger partial charge in [-0.25, -0.2) is 0 Å². The molecule has 0 fully saturated rings. The molecule has 0 rings (SSSR count). The molecule has 0 aromatic carbocycles. The van der Waals surface area contributed by atoms with Crippen LogP contribution in [0.25, 0.3) is 0 Å². The largest absolute Gasteiger partial charge is 0.308 e. The molecular weight excluding hydrogens is 138 g/mol. The lowest BCUT2D eigenvalue weighted by atomic mass is 10.4. The van der Waals surface area contributed by atoms with Gasteiger partial charge in [-0.2, -0.15) is 25.3 Å². The van der Waals surface area contributed by atoms with Crippen molar-refractivity contribution in [2.45, 2.75) is 5.25 Å². The molecule has 0 radical (unpaired) electrons. The van der Waals surface area contributed by atoms with Gasteiger partial charge >= 0.3 is 0 Å². The SMILES string of the molecule is CN(C)CC(S)CS. The number of hydrogen-bond acceptors (Lipinski definition) is 3. The van der Waals surface area contributed by atoms with Gasteiger partial charge in [0.2, 0.25) is 0 Å². The zero-order valence-electron chi connectivity index (χ0n) is 5.33. The normalized spacial score (nSPS) is 14.6. The second-order valence-corrected chi connectivity index (χ2v) is 3.19. The Balaban J connectivity index is 3.10. The van der Waals surface area contributed by atoms with Crippen LogP contribution in [0.3, 0.4) is 0 Å². The monoisotopic (exact) mass is 151 g/mol. The molecule has 0 saturated carbocycles. The summed E-state index contributed by atoms with van der Waals surface area (Å²) in [4.78, 5) is 2.11. The van der Waals surface area contributed by atoms with E-state index in [9.17, 15) is 0 Å². The molecule has 0 aliphatic carbocycles. The molecule has 0 amide bonds. The summed E-state index contributed by atoms with van der Waals surface area (Å²) >= 11 is 8.34. The fourth-order valence-corrected chi connectivity index (χ4v) is 0.921. The molecule has 0 heterocycles. The van der Waals surface area contributed by atoms with E-state index in [0.717, 1.165) is 12.3 Å². The second-order valence-electron chi connectivity index (χ2n) is 2.10. The fourth-order valence-electron chi connectivity index (χ4n) is 0.479. The number of hydrogen-bond donors (Lipinski definition) is 2. The van der Waals surface area contributed by atoms with E-state index < -0.39 is 0 Å². The minimum Gasteiger partial charge on any atom is -0.308 e. The van der Waals surface area contributed by atoms with Crippen LogP contribution in [0.5, 0.6) is 0 Å². The summed E-state index contributed by atoms with van der Waals surface area (Å²) in [5.41, 5.74) is 0. The first-order valence-electron chi connectivity index (χ1n) is 2.60. The molecule has 0 spiro atoms. The van der Waals surface area contributed by atoms with Gasteiger partial charge in [0.25, 0.3) is 0 Å². The van der Waals surface area contributed by atoms with E-state index in [2.05, 4.69) is 30.2 Å². The molecule has 1 atom stereocenters. The topological polar surface area (TPSA) is 3.24 Å². The Morgan fingerprint density at radius 1 is 1.50 bits per heavy atom. The number of rotatable bonds is 3. The first-order valence-corrected chi connectivity index (χ1v) is 3.75. The Bertz CT molecular complexity index is 56.4. The van der Waals surface area contributed by atoms with Gasteiger partial charge in [-0.05, 0) is 14.1 Å². The minimum absolute atomic E-state index is 0.410. The van der Waals surface area contributed by atoms with E-state index in [-0.39, 0.29) is 0 Å². The Kier molecular flexibility index (Phi) is 4.90. The number of thiol groups is 2. The van der Waals surface area contributed by atoms with Gasteiger partial charge in [-0.3, -0.25) is 0 Å². The summed E-state index contributed by atoms with van der Waals surface area (Å²) in [5.74, 6) is 0.849. The van der Waals surface area contributed by atoms with Crippen LogP contribution in [0.2, 0.25) is 0 Å². The lowest BCUT2D eigenvalue weighted by Gasteiger charge is -2.12. The summed E-state index contributed by atoms with van der Waals surface area (Å²) in [6, 6.07) is 0. The van der Waals surface area contributed by atoms with Crippen molar-refractivity contribution in [3.63, 3.8) is 0 Å². The first-order chi connectivity index (χ1) is 3.66. The van der Waals surface area contributed by atoms with E-state index in [0.29, 0.717) is 5.25 Å². The molecule has 0 aromatic rings. The van der Waals surface area contributed by atoms with Crippen molar-refractivity contribution in [1.29, 1.82) is 0 Å². The van der Waals surface area contributed by atoms with Crippen molar-refractivity contribution in [2.24, 2.45) is 0 Å². The van der Waals surface area contributed by atoms with Gasteiger partial charge in [0.1, 0.15) is 0 Å². The van der Waals surface area contributed by atoms with Crippen molar-refractivity contribution < 1.29 is 0 Å². The Hall–Kier alpha value is 0.660. The third-order valence-corrected chi connectivity index (χ3v) is 1.86. The predicted octanol–water partition coefficient (Wildman–Crippen LogP) is 0.776. The molecule has 0 aromatic heterocycles. The third kappa shape index (κ3) is 4.81. The maximum atomic E-state index is 4.25. The van der Waals surface area contributed by atoms with Crippen molar-refractivity contribution in [1.82, 2.24) is 4.90 Å². The Morgan fingerprint density at radius 2 is 2.00 bits per heavy atom. The quantitative estimate of drug-likeness (QED) is 0.564. The highest BCUT2D eigenvalue weighted by Crippen LogP contribution is 1.97. The number of nitrogens with zero attached hydrogens (tertiary/aromatic N) is 1. The van der Waals surface area contributed by atoms with Crippen LogP contribution in [0.15, 0.2) is 0 Å². The molecule has 1 nitrogen and oxygen atoms in total. The van der Waals surface area contributed by atoms with Crippen molar-refractivity contribution >= 4 is 25.3 Å². The molecule has 3 heteroatoms. The van der Waals surface area contributed by atoms with Gasteiger partial charge in [-0.1, -0.05) is 0 Å². The van der Waals surface area contributed by atoms with Crippen LogP contribution in [0.1, 0.15) is 0 Å². The van der Waals surface area contributed by atoms with Crippen LogP contribution in [-0.2, 0) is 0 Å². The highest BCUT2D eigenvalue weighted by atomic mass is 32.1. The molecule has 1 unspecified atom stereocenters. The molecule has 0 N–H and O–H groups in total. The van der Waals surface area contributed by atoms with Crippen LogP contribution < -0.4 is 0 Å². The molecular formula is C5H13NS2. The average Bonchev–Trinajstić information content (AvgIpc) is 1.65. The highest BCUT2D eigenvalue weighted by Gasteiger charge is 1.99. The lowest BCUT2D eigenvalue weighted by Crippen LogP contribution is -2.22. The molecule has 8 heavy (non-hydrogen) atoms. The molecule has 0 aliphatic rings. The van der Waals surface area contributed by atoms with Crippen molar-refractivity contribution in [2.75, 3.05) is 26.4 Å².